The quantitative estimate of drug-likeness (QED) is 0.596. The second kappa shape index (κ2) is 11.8. The third kappa shape index (κ3) is 8.59. The lowest BCUT2D eigenvalue weighted by Crippen LogP contribution is -2.43. The fraction of sp³-hybridized carbons (Fsp3) is 0.636. The summed E-state index contributed by atoms with van der Waals surface area (Å²) in [7, 11) is 1.65. The van der Waals surface area contributed by atoms with Crippen molar-refractivity contribution in [2.45, 2.75) is 45.3 Å². The second-order valence-corrected chi connectivity index (χ2v) is 8.27. The van der Waals surface area contributed by atoms with E-state index in [4.69, 9.17) is 14.2 Å². The second-order valence-electron chi connectivity index (χ2n) is 8.27. The Labute approximate surface area is 179 Å². The maximum atomic E-state index is 12.3. The molecule has 30 heavy (non-hydrogen) atoms. The number of carbonyl (C=O) groups is 2. The Kier molecular flexibility index (Phi) is 9.39. The molecule has 0 spiro atoms. The number of nitrogens with zero attached hydrogens (tertiary/aromatic N) is 1. The number of benzene rings is 1. The van der Waals surface area contributed by atoms with Crippen LogP contribution in [0.2, 0.25) is 0 Å². The lowest BCUT2D eigenvalue weighted by Gasteiger charge is -2.35. The van der Waals surface area contributed by atoms with Gasteiger partial charge in [0.25, 0.3) is 0 Å². The zero-order chi connectivity index (χ0) is 22.0. The molecular weight excluding hydrogens is 386 g/mol. The molecule has 1 unspecified atom stereocenters. The number of hydrogen-bond donors (Lipinski definition) is 2. The summed E-state index contributed by atoms with van der Waals surface area (Å²) < 4.78 is 15.9. The van der Waals surface area contributed by atoms with Crippen molar-refractivity contribution in [3.63, 3.8) is 0 Å². The maximum Gasteiger partial charge on any atom is 0.407 e. The minimum Gasteiger partial charge on any atom is -0.497 e. The fourth-order valence-corrected chi connectivity index (χ4v) is 3.23. The van der Waals surface area contributed by atoms with Crippen molar-refractivity contribution in [3.8, 4) is 5.75 Å². The summed E-state index contributed by atoms with van der Waals surface area (Å²) in [6.45, 7) is 9.39. The molecule has 0 aliphatic carbocycles. The van der Waals surface area contributed by atoms with E-state index in [1.165, 1.54) is 0 Å². The summed E-state index contributed by atoms with van der Waals surface area (Å²) in [5, 5.41) is 5.71. The maximum absolute atomic E-state index is 12.3. The molecule has 1 saturated heterocycles. The average molecular weight is 422 g/mol. The van der Waals surface area contributed by atoms with Crippen LogP contribution in [0.25, 0.3) is 0 Å². The molecular formula is C22H35N3O5. The van der Waals surface area contributed by atoms with Gasteiger partial charge < -0.3 is 24.8 Å². The Morgan fingerprint density at radius 2 is 1.80 bits per heavy atom. The summed E-state index contributed by atoms with van der Waals surface area (Å²) in [5.74, 6) is 0.772. The minimum atomic E-state index is -0.530. The van der Waals surface area contributed by atoms with E-state index in [9.17, 15) is 9.59 Å². The Balaban J connectivity index is 1.81. The summed E-state index contributed by atoms with van der Waals surface area (Å²) in [6, 6.07) is 8.02. The molecule has 1 fully saturated rings. The number of rotatable bonds is 9. The van der Waals surface area contributed by atoms with E-state index in [1.807, 2.05) is 45.0 Å². The number of nitrogens with one attached hydrogen (secondary N) is 2. The molecule has 8 heteroatoms. The van der Waals surface area contributed by atoms with Gasteiger partial charge in [-0.05, 0) is 44.9 Å². The first-order chi connectivity index (χ1) is 14.3. The van der Waals surface area contributed by atoms with E-state index in [0.29, 0.717) is 39.1 Å². The fourth-order valence-electron chi connectivity index (χ4n) is 3.23. The van der Waals surface area contributed by atoms with Crippen LogP contribution in [-0.2, 0) is 14.3 Å². The molecule has 0 saturated carbocycles. The Morgan fingerprint density at radius 3 is 2.40 bits per heavy atom. The Hall–Kier alpha value is -2.32. The van der Waals surface area contributed by atoms with E-state index in [-0.39, 0.29) is 11.9 Å². The van der Waals surface area contributed by atoms with Crippen LogP contribution >= 0.6 is 0 Å². The zero-order valence-electron chi connectivity index (χ0n) is 18.5. The van der Waals surface area contributed by atoms with Gasteiger partial charge in [0.2, 0.25) is 5.91 Å². The average Bonchev–Trinajstić information content (AvgIpc) is 2.71. The molecule has 2 amide bonds. The molecule has 0 bridgehead atoms. The van der Waals surface area contributed by atoms with Crippen LogP contribution in [-0.4, -0.2) is 69.0 Å². The standard InChI is InChI=1S/C22H35N3O5/c1-22(2,3)30-21(27)23-11-5-6-20(26)24-16-19(25-12-14-29-15-13-25)17-7-9-18(28-4)10-8-17/h7-10,19H,5-6,11-16H2,1-4H3,(H,23,27)(H,24,26). The normalized spacial score (nSPS) is 15.9. The highest BCUT2D eigenvalue weighted by molar-refractivity contribution is 5.76. The lowest BCUT2D eigenvalue weighted by atomic mass is 10.0. The van der Waals surface area contributed by atoms with Crippen LogP contribution < -0.4 is 15.4 Å². The van der Waals surface area contributed by atoms with Crippen molar-refractivity contribution < 1.29 is 23.8 Å². The first-order valence-corrected chi connectivity index (χ1v) is 10.5. The van der Waals surface area contributed by atoms with Gasteiger partial charge in [-0.1, -0.05) is 12.1 Å². The van der Waals surface area contributed by atoms with Gasteiger partial charge in [0.15, 0.2) is 0 Å². The summed E-state index contributed by atoms with van der Waals surface area (Å²) in [4.78, 5) is 26.3. The van der Waals surface area contributed by atoms with Crippen molar-refractivity contribution in [1.82, 2.24) is 15.5 Å². The molecule has 0 radical (unpaired) electrons. The van der Waals surface area contributed by atoms with E-state index < -0.39 is 11.7 Å². The minimum absolute atomic E-state index is 0.0345. The van der Waals surface area contributed by atoms with Gasteiger partial charge in [-0.2, -0.15) is 0 Å². The predicted molar refractivity (Wildman–Crippen MR) is 115 cm³/mol. The number of methoxy groups -OCH3 is 1. The molecule has 1 heterocycles. The van der Waals surface area contributed by atoms with Crippen LogP contribution in [0, 0.1) is 0 Å². The highest BCUT2D eigenvalue weighted by Crippen LogP contribution is 2.23. The molecule has 0 aromatic heterocycles. The molecule has 1 aromatic rings. The predicted octanol–water partition coefficient (Wildman–Crippen LogP) is 2.49. The topological polar surface area (TPSA) is 89.1 Å². The third-order valence-corrected chi connectivity index (χ3v) is 4.73. The van der Waals surface area contributed by atoms with Gasteiger partial charge in [-0.3, -0.25) is 9.69 Å². The van der Waals surface area contributed by atoms with Crippen LogP contribution in [0.15, 0.2) is 24.3 Å². The number of amides is 2. The number of carbonyl (C=O) groups excluding carboxylic acids is 2. The van der Waals surface area contributed by atoms with Crippen molar-refractivity contribution in [2.24, 2.45) is 0 Å². The van der Waals surface area contributed by atoms with Crippen LogP contribution in [0.4, 0.5) is 4.79 Å². The van der Waals surface area contributed by atoms with Gasteiger partial charge in [-0.25, -0.2) is 4.79 Å². The summed E-state index contributed by atoms with van der Waals surface area (Å²) >= 11 is 0. The highest BCUT2D eigenvalue weighted by atomic mass is 16.6. The molecule has 1 aliphatic rings. The zero-order valence-corrected chi connectivity index (χ0v) is 18.5. The smallest absolute Gasteiger partial charge is 0.407 e. The van der Waals surface area contributed by atoms with Crippen molar-refractivity contribution in [2.75, 3.05) is 46.5 Å². The lowest BCUT2D eigenvalue weighted by molar-refractivity contribution is -0.121. The molecule has 8 nitrogen and oxygen atoms in total. The monoisotopic (exact) mass is 421 g/mol. The molecule has 168 valence electrons. The van der Waals surface area contributed by atoms with Crippen LogP contribution in [0.5, 0.6) is 5.75 Å². The summed E-state index contributed by atoms with van der Waals surface area (Å²) in [6.07, 6.45) is 0.430. The van der Waals surface area contributed by atoms with E-state index in [1.54, 1.807) is 7.11 Å². The highest BCUT2D eigenvalue weighted by Gasteiger charge is 2.23. The number of morpholine rings is 1. The van der Waals surface area contributed by atoms with E-state index >= 15 is 0 Å². The van der Waals surface area contributed by atoms with E-state index in [0.717, 1.165) is 24.4 Å². The SMILES string of the molecule is COc1ccc(C(CNC(=O)CCCNC(=O)OC(C)(C)C)N2CCOCC2)cc1. The summed E-state index contributed by atoms with van der Waals surface area (Å²) in [5.41, 5.74) is 0.599. The van der Waals surface area contributed by atoms with Crippen molar-refractivity contribution >= 4 is 12.0 Å². The van der Waals surface area contributed by atoms with Crippen LogP contribution in [0.1, 0.15) is 45.2 Å². The van der Waals surface area contributed by atoms with Gasteiger partial charge >= 0.3 is 6.09 Å². The molecule has 2 rings (SSSR count). The largest absolute Gasteiger partial charge is 0.497 e. The molecule has 1 aromatic carbocycles. The third-order valence-electron chi connectivity index (χ3n) is 4.73. The Morgan fingerprint density at radius 1 is 1.13 bits per heavy atom. The number of alkyl carbamates (subject to hydrolysis) is 1. The molecule has 1 aliphatic heterocycles. The number of ether oxygens (including phenoxy) is 3. The first-order valence-electron chi connectivity index (χ1n) is 10.5. The van der Waals surface area contributed by atoms with Crippen molar-refractivity contribution in [3.05, 3.63) is 29.8 Å². The molecule has 2 N–H and O–H groups in total. The van der Waals surface area contributed by atoms with Gasteiger partial charge in [0.1, 0.15) is 11.4 Å². The first kappa shape index (κ1) is 24.0. The Bertz CT molecular complexity index is 666. The van der Waals surface area contributed by atoms with Gasteiger partial charge in [-0.15, -0.1) is 0 Å². The van der Waals surface area contributed by atoms with E-state index in [2.05, 4.69) is 15.5 Å². The molecule has 1 atom stereocenters. The van der Waals surface area contributed by atoms with Gasteiger partial charge in [0, 0.05) is 32.6 Å². The van der Waals surface area contributed by atoms with Crippen LogP contribution in [0.3, 0.4) is 0 Å². The van der Waals surface area contributed by atoms with Gasteiger partial charge in [0.05, 0.1) is 26.4 Å². The number of hydrogen-bond acceptors (Lipinski definition) is 6. The van der Waals surface area contributed by atoms with Crippen molar-refractivity contribution in [1.29, 1.82) is 0 Å².